The molecule has 0 heterocycles. The van der Waals surface area contributed by atoms with Crippen molar-refractivity contribution in [3.05, 3.63) is 96.1 Å². The molecule has 0 atom stereocenters. The number of aliphatic imine (C=N–C) groups is 2. The minimum absolute atomic E-state index is 0. The van der Waals surface area contributed by atoms with Crippen molar-refractivity contribution in [1.82, 2.24) is 0 Å². The number of phenols is 2. The van der Waals surface area contributed by atoms with Gasteiger partial charge in [-0.1, -0.05) is 48.5 Å². The fourth-order valence-corrected chi connectivity index (χ4v) is 2.99. The third-order valence-electron chi connectivity index (χ3n) is 4.42. The predicted octanol–water partition coefficient (Wildman–Crippen LogP) is 5.75. The van der Waals surface area contributed by atoms with E-state index in [-0.39, 0.29) is 33.2 Å². The molecule has 4 aromatic rings. The molecule has 0 bridgehead atoms. The Balaban J connectivity index is 0.00000240. The summed E-state index contributed by atoms with van der Waals surface area (Å²) in [5.74, 6) is 0.369. The number of hydrogen-bond donors (Lipinski definition) is 2. The smallest absolute Gasteiger partial charge is 0.124 e. The summed E-state index contributed by atoms with van der Waals surface area (Å²) in [6.07, 6.45) is 3.29. The van der Waals surface area contributed by atoms with Gasteiger partial charge in [0, 0.05) is 50.7 Å². The predicted molar refractivity (Wildman–Crippen MR) is 115 cm³/mol. The maximum atomic E-state index is 9.95. The third kappa shape index (κ3) is 4.62. The quantitative estimate of drug-likeness (QED) is 0.330. The molecule has 0 saturated carbocycles. The van der Waals surface area contributed by atoms with Crippen LogP contribution in [0.2, 0.25) is 0 Å². The van der Waals surface area contributed by atoms with Crippen molar-refractivity contribution < 1.29 is 31.9 Å². The summed E-state index contributed by atoms with van der Waals surface area (Å²) in [6.45, 7) is 0. The molecule has 4 rings (SSSR count). The van der Waals surface area contributed by atoms with Gasteiger partial charge < -0.3 is 10.2 Å². The van der Waals surface area contributed by atoms with Crippen molar-refractivity contribution in [2.24, 2.45) is 9.98 Å². The number of rotatable bonds is 4. The van der Waals surface area contributed by atoms with Crippen LogP contribution >= 0.6 is 0 Å². The van der Waals surface area contributed by atoms with Crippen LogP contribution in [0.15, 0.2) is 94.9 Å². The van der Waals surface area contributed by atoms with Gasteiger partial charge in [0.2, 0.25) is 0 Å². The Morgan fingerprint density at radius 2 is 1.00 bits per heavy atom. The molecule has 0 aliphatic rings. The van der Waals surface area contributed by atoms with E-state index in [9.17, 15) is 10.2 Å². The summed E-state index contributed by atoms with van der Waals surface area (Å²) in [5, 5.41) is 21.8. The van der Waals surface area contributed by atoms with Crippen LogP contribution < -0.4 is 0 Å². The van der Waals surface area contributed by atoms with Crippen LogP contribution in [-0.2, 0) is 21.7 Å². The zero-order chi connectivity index (χ0) is 19.3. The largest absolute Gasteiger partial charge is 0.507 e. The molecule has 0 aromatic heterocycles. The number of para-hydroxylation sites is 2. The summed E-state index contributed by atoms with van der Waals surface area (Å²) in [4.78, 5) is 9.18. The van der Waals surface area contributed by atoms with E-state index in [4.69, 9.17) is 0 Å². The Labute approximate surface area is 183 Å². The molecule has 29 heavy (non-hydrogen) atoms. The molecule has 0 aliphatic carbocycles. The number of phenolic OH excluding ortho intramolecular Hbond substituents is 2. The topological polar surface area (TPSA) is 65.2 Å². The maximum Gasteiger partial charge on any atom is 0.124 e. The van der Waals surface area contributed by atoms with Gasteiger partial charge in [0.05, 0.1) is 11.4 Å². The van der Waals surface area contributed by atoms with E-state index >= 15 is 0 Å². The number of benzene rings is 4. The number of fused-ring (bicyclic) bond motifs is 1. The van der Waals surface area contributed by atoms with Crippen LogP contribution in [0.4, 0.5) is 11.4 Å². The van der Waals surface area contributed by atoms with E-state index in [1.807, 2.05) is 48.5 Å². The van der Waals surface area contributed by atoms with Crippen LogP contribution in [-0.4, -0.2) is 22.6 Å². The molecule has 140 valence electrons. The normalized spacial score (nSPS) is 11.2. The van der Waals surface area contributed by atoms with Crippen molar-refractivity contribution in [3.8, 4) is 11.5 Å². The minimum atomic E-state index is 0. The number of aromatic hydroxyl groups is 2. The van der Waals surface area contributed by atoms with E-state index in [0.29, 0.717) is 11.1 Å². The Kier molecular flexibility index (Phi) is 6.60. The zero-order valence-corrected chi connectivity index (χ0v) is 17.1. The van der Waals surface area contributed by atoms with Crippen molar-refractivity contribution in [1.29, 1.82) is 0 Å². The molecule has 4 nitrogen and oxygen atoms in total. The molecule has 5 heteroatoms. The third-order valence-corrected chi connectivity index (χ3v) is 4.42. The Morgan fingerprint density at radius 3 is 1.45 bits per heavy atom. The van der Waals surface area contributed by atoms with E-state index in [1.165, 1.54) is 0 Å². The van der Waals surface area contributed by atoms with Crippen molar-refractivity contribution in [3.63, 3.8) is 0 Å². The first-order chi connectivity index (χ1) is 13.7. The van der Waals surface area contributed by atoms with Crippen molar-refractivity contribution >= 4 is 34.6 Å². The summed E-state index contributed by atoms with van der Waals surface area (Å²) in [6, 6.07) is 25.9. The standard InChI is InChI=1S/C24H18N2O2.Ti/c27-22-13-3-1-7-18(22)15-25-20-11-5-9-17-10-6-12-21(24(17)20)26-16-19-8-2-4-14-23(19)28;/h1-16,27-28H;. The summed E-state index contributed by atoms with van der Waals surface area (Å²) in [5.41, 5.74) is 2.81. The first kappa shape index (κ1) is 20.5. The van der Waals surface area contributed by atoms with Crippen LogP contribution in [0, 0.1) is 0 Å². The van der Waals surface area contributed by atoms with Gasteiger partial charge in [-0.15, -0.1) is 0 Å². The van der Waals surface area contributed by atoms with Gasteiger partial charge >= 0.3 is 0 Å². The number of hydrogen-bond acceptors (Lipinski definition) is 4. The second-order valence-corrected chi connectivity index (χ2v) is 6.29. The van der Waals surface area contributed by atoms with E-state index in [0.717, 1.165) is 22.1 Å². The molecular weight excluding hydrogens is 396 g/mol. The van der Waals surface area contributed by atoms with E-state index in [1.54, 1.807) is 48.8 Å². The molecule has 4 aromatic carbocycles. The molecule has 0 unspecified atom stereocenters. The second-order valence-electron chi connectivity index (χ2n) is 6.29. The first-order valence-corrected chi connectivity index (χ1v) is 8.88. The fourth-order valence-electron chi connectivity index (χ4n) is 2.99. The Hall–Kier alpha value is -3.21. The average molecular weight is 414 g/mol. The molecule has 0 saturated heterocycles. The van der Waals surface area contributed by atoms with Gasteiger partial charge in [0.1, 0.15) is 11.5 Å². The molecule has 2 N–H and O–H groups in total. The Bertz CT molecular complexity index is 1110. The summed E-state index contributed by atoms with van der Waals surface area (Å²) >= 11 is 0. The SMILES string of the molecule is Oc1ccccc1C=Nc1cccc2cccc(N=Cc3ccccc3O)c12.[Ti]. The molecule has 0 amide bonds. The fraction of sp³-hybridized carbons (Fsp3) is 0. The van der Waals surface area contributed by atoms with Gasteiger partial charge in [-0.25, -0.2) is 0 Å². The van der Waals surface area contributed by atoms with Gasteiger partial charge in [-0.3, -0.25) is 9.98 Å². The van der Waals surface area contributed by atoms with Crippen molar-refractivity contribution in [2.75, 3.05) is 0 Å². The van der Waals surface area contributed by atoms with Gasteiger partial charge in [0.25, 0.3) is 0 Å². The summed E-state index contributed by atoms with van der Waals surface area (Å²) < 4.78 is 0. The van der Waals surface area contributed by atoms with Gasteiger partial charge in [-0.05, 0) is 41.8 Å². The molecule has 0 aliphatic heterocycles. The number of nitrogens with zero attached hydrogens (tertiary/aromatic N) is 2. The monoisotopic (exact) mass is 414 g/mol. The van der Waals surface area contributed by atoms with E-state index in [2.05, 4.69) is 9.98 Å². The second kappa shape index (κ2) is 9.33. The van der Waals surface area contributed by atoms with E-state index < -0.39 is 0 Å². The van der Waals surface area contributed by atoms with Crippen LogP contribution in [0.1, 0.15) is 11.1 Å². The van der Waals surface area contributed by atoms with Gasteiger partial charge in [-0.2, -0.15) is 0 Å². The molecule has 0 fully saturated rings. The maximum absolute atomic E-state index is 9.95. The Morgan fingerprint density at radius 1 is 0.552 bits per heavy atom. The van der Waals surface area contributed by atoms with Gasteiger partial charge in [0.15, 0.2) is 0 Å². The van der Waals surface area contributed by atoms with Crippen LogP contribution in [0.5, 0.6) is 11.5 Å². The zero-order valence-electron chi connectivity index (χ0n) is 15.5. The van der Waals surface area contributed by atoms with Crippen LogP contribution in [0.3, 0.4) is 0 Å². The molecule has 0 radical (unpaired) electrons. The summed E-state index contributed by atoms with van der Waals surface area (Å²) in [7, 11) is 0. The average Bonchev–Trinajstić information content (AvgIpc) is 2.72. The first-order valence-electron chi connectivity index (χ1n) is 8.88. The molecule has 0 spiro atoms. The van der Waals surface area contributed by atoms with Crippen molar-refractivity contribution in [2.45, 2.75) is 0 Å². The minimum Gasteiger partial charge on any atom is -0.507 e. The van der Waals surface area contributed by atoms with Crippen LogP contribution in [0.25, 0.3) is 10.8 Å². The molecular formula is C24H18N2O2Ti.